The maximum Gasteiger partial charge on any atom is 0.220 e. The fraction of sp³-hybridized carbons (Fsp3) is 0.429. The van der Waals surface area contributed by atoms with Gasteiger partial charge in [0.05, 0.1) is 0 Å². The fourth-order valence-corrected chi connectivity index (χ4v) is 0.295. The molecule has 0 N–H and O–H groups in total. The van der Waals surface area contributed by atoms with Gasteiger partial charge in [-0.3, -0.25) is 9.69 Å². The number of nitrogens with zero attached hydrogens (tertiary/aromatic N) is 1. The Bertz CT molecular complexity index is 132. The summed E-state index contributed by atoms with van der Waals surface area (Å²) >= 11 is 0. The van der Waals surface area contributed by atoms with Crippen molar-refractivity contribution in [2.24, 2.45) is 0 Å². The second kappa shape index (κ2) is 5.17. The van der Waals surface area contributed by atoms with E-state index in [0.717, 1.165) is 12.8 Å². The molecular formula is C7H10NO. The van der Waals surface area contributed by atoms with Crippen molar-refractivity contribution in [2.75, 3.05) is 7.05 Å². The van der Waals surface area contributed by atoms with Gasteiger partial charge in [0.15, 0.2) is 0 Å². The monoisotopic (exact) mass is 124 g/mol. The van der Waals surface area contributed by atoms with Crippen LogP contribution in [-0.4, -0.2) is 18.4 Å². The standard InChI is InChI=1S/C7H10NO/c1-3-4-5-6-8(2)7-9/h7H,1,3-4H2,2H3. The Hall–Kier alpha value is -0.970. The summed E-state index contributed by atoms with van der Waals surface area (Å²) in [5.74, 6) is 2.77. The highest BCUT2D eigenvalue weighted by Gasteiger charge is 1.78. The Balaban J connectivity index is 3.45. The van der Waals surface area contributed by atoms with Gasteiger partial charge in [0.1, 0.15) is 0 Å². The first-order chi connectivity index (χ1) is 4.31. The third-order valence-corrected chi connectivity index (χ3v) is 0.715. The molecule has 1 radical (unpaired) electrons. The molecule has 0 rings (SSSR count). The van der Waals surface area contributed by atoms with Crippen molar-refractivity contribution < 1.29 is 4.79 Å². The van der Waals surface area contributed by atoms with Gasteiger partial charge in [0, 0.05) is 19.5 Å². The molecule has 0 aliphatic carbocycles. The molecule has 0 bridgehead atoms. The average Bonchev–Trinajstić information content (AvgIpc) is 1.89. The summed E-state index contributed by atoms with van der Waals surface area (Å²) in [4.78, 5) is 11.2. The van der Waals surface area contributed by atoms with Crippen LogP contribution in [0.5, 0.6) is 0 Å². The van der Waals surface area contributed by atoms with Crippen molar-refractivity contribution in [3.63, 3.8) is 0 Å². The summed E-state index contributed by atoms with van der Waals surface area (Å²) in [5, 5.41) is 0. The average molecular weight is 124 g/mol. The molecule has 0 heterocycles. The first kappa shape index (κ1) is 8.03. The molecule has 0 aromatic rings. The fourth-order valence-electron chi connectivity index (χ4n) is 0.295. The molecule has 2 heteroatoms. The third kappa shape index (κ3) is 4.89. The molecule has 0 atom stereocenters. The predicted octanol–water partition coefficient (Wildman–Crippen LogP) is 0.650. The maximum absolute atomic E-state index is 9.91. The SMILES string of the molecule is [CH2]CCC#CN(C)C=O. The van der Waals surface area contributed by atoms with Crippen molar-refractivity contribution in [3.05, 3.63) is 6.92 Å². The van der Waals surface area contributed by atoms with Crippen LogP contribution in [0, 0.1) is 18.9 Å². The van der Waals surface area contributed by atoms with Crippen LogP contribution in [0.25, 0.3) is 0 Å². The van der Waals surface area contributed by atoms with Crippen LogP contribution in [-0.2, 0) is 4.79 Å². The van der Waals surface area contributed by atoms with Crippen molar-refractivity contribution in [1.82, 2.24) is 4.90 Å². The van der Waals surface area contributed by atoms with Crippen LogP contribution in [0.2, 0.25) is 0 Å². The van der Waals surface area contributed by atoms with E-state index in [4.69, 9.17) is 0 Å². The van der Waals surface area contributed by atoms with E-state index in [2.05, 4.69) is 18.9 Å². The number of carbonyl (C=O) groups is 1. The molecule has 0 saturated heterocycles. The van der Waals surface area contributed by atoms with Crippen molar-refractivity contribution in [2.45, 2.75) is 12.8 Å². The lowest BCUT2D eigenvalue weighted by Gasteiger charge is -1.94. The zero-order chi connectivity index (χ0) is 7.11. The van der Waals surface area contributed by atoms with Crippen molar-refractivity contribution in [3.8, 4) is 12.0 Å². The molecule has 2 nitrogen and oxygen atoms in total. The number of hydrogen-bond acceptors (Lipinski definition) is 1. The molecule has 0 aliphatic rings. The van der Waals surface area contributed by atoms with E-state index in [9.17, 15) is 4.79 Å². The van der Waals surface area contributed by atoms with Gasteiger partial charge in [-0.1, -0.05) is 12.8 Å². The van der Waals surface area contributed by atoms with E-state index in [1.54, 1.807) is 7.05 Å². The van der Waals surface area contributed by atoms with Gasteiger partial charge in [0.2, 0.25) is 6.41 Å². The largest absolute Gasteiger partial charge is 0.278 e. The molecule has 0 aromatic heterocycles. The molecule has 0 unspecified atom stereocenters. The van der Waals surface area contributed by atoms with Crippen molar-refractivity contribution >= 4 is 6.41 Å². The molecule has 0 aliphatic heterocycles. The Kier molecular flexibility index (Phi) is 4.61. The topological polar surface area (TPSA) is 20.3 Å². The van der Waals surface area contributed by atoms with Crippen LogP contribution in [0.1, 0.15) is 12.8 Å². The highest BCUT2D eigenvalue weighted by atomic mass is 16.1. The summed E-state index contributed by atoms with van der Waals surface area (Å²) in [6, 6.07) is 2.61. The van der Waals surface area contributed by atoms with E-state index in [-0.39, 0.29) is 0 Å². The smallest absolute Gasteiger partial charge is 0.220 e. The molecule has 0 aromatic carbocycles. The maximum atomic E-state index is 9.91. The van der Waals surface area contributed by atoms with Crippen molar-refractivity contribution in [1.29, 1.82) is 0 Å². The summed E-state index contributed by atoms with van der Waals surface area (Å²) in [7, 11) is 1.61. The summed E-state index contributed by atoms with van der Waals surface area (Å²) in [6.45, 7) is 3.60. The van der Waals surface area contributed by atoms with Gasteiger partial charge in [0.25, 0.3) is 0 Å². The lowest BCUT2D eigenvalue weighted by Crippen LogP contribution is -2.06. The molecular weight excluding hydrogens is 114 g/mol. The Morgan fingerprint density at radius 2 is 2.44 bits per heavy atom. The highest BCUT2D eigenvalue weighted by molar-refractivity contribution is 5.49. The molecule has 0 fully saturated rings. The molecule has 0 spiro atoms. The normalized spacial score (nSPS) is 7.33. The van der Waals surface area contributed by atoms with E-state index in [1.165, 1.54) is 4.90 Å². The number of amides is 1. The zero-order valence-corrected chi connectivity index (χ0v) is 5.55. The summed E-state index contributed by atoms with van der Waals surface area (Å²) < 4.78 is 0. The number of carbonyl (C=O) groups excluding carboxylic acids is 1. The highest BCUT2D eigenvalue weighted by Crippen LogP contribution is 1.80. The second-order valence-corrected chi connectivity index (χ2v) is 1.61. The second-order valence-electron chi connectivity index (χ2n) is 1.61. The molecule has 0 saturated carbocycles. The minimum atomic E-state index is 0.677. The Morgan fingerprint density at radius 3 is 2.89 bits per heavy atom. The first-order valence-corrected chi connectivity index (χ1v) is 2.77. The van der Waals surface area contributed by atoms with Gasteiger partial charge in [-0.25, -0.2) is 0 Å². The van der Waals surface area contributed by atoms with Crippen LogP contribution in [0.3, 0.4) is 0 Å². The molecule has 9 heavy (non-hydrogen) atoms. The summed E-state index contributed by atoms with van der Waals surface area (Å²) in [5.41, 5.74) is 0. The zero-order valence-electron chi connectivity index (χ0n) is 5.55. The third-order valence-electron chi connectivity index (χ3n) is 0.715. The Morgan fingerprint density at radius 1 is 1.78 bits per heavy atom. The first-order valence-electron chi connectivity index (χ1n) is 2.77. The van der Waals surface area contributed by atoms with E-state index >= 15 is 0 Å². The van der Waals surface area contributed by atoms with E-state index in [0.29, 0.717) is 6.41 Å². The quantitative estimate of drug-likeness (QED) is 0.300. The number of unbranched alkanes of at least 4 members (excludes halogenated alkanes) is 1. The van der Waals surface area contributed by atoms with E-state index in [1.807, 2.05) is 0 Å². The van der Waals surface area contributed by atoms with E-state index < -0.39 is 0 Å². The van der Waals surface area contributed by atoms with Crippen LogP contribution in [0.4, 0.5) is 0 Å². The van der Waals surface area contributed by atoms with Gasteiger partial charge >= 0.3 is 0 Å². The van der Waals surface area contributed by atoms with Crippen LogP contribution < -0.4 is 0 Å². The van der Waals surface area contributed by atoms with Gasteiger partial charge in [-0.15, -0.1) is 0 Å². The number of hydrogen-bond donors (Lipinski definition) is 0. The summed E-state index contributed by atoms with van der Waals surface area (Å²) in [6.07, 6.45) is 2.22. The van der Waals surface area contributed by atoms with Crippen LogP contribution in [0.15, 0.2) is 0 Å². The minimum Gasteiger partial charge on any atom is -0.278 e. The lowest BCUT2D eigenvalue weighted by molar-refractivity contribution is -0.114. The van der Waals surface area contributed by atoms with Gasteiger partial charge in [-0.05, 0) is 6.42 Å². The van der Waals surface area contributed by atoms with Gasteiger partial charge in [-0.2, -0.15) is 0 Å². The molecule has 1 amide bonds. The Labute approximate surface area is 55.8 Å². The van der Waals surface area contributed by atoms with Gasteiger partial charge < -0.3 is 0 Å². The minimum absolute atomic E-state index is 0.677. The lowest BCUT2D eigenvalue weighted by atomic mass is 10.4. The molecule has 49 valence electrons. The predicted molar refractivity (Wildman–Crippen MR) is 36.2 cm³/mol. The van der Waals surface area contributed by atoms with Crippen LogP contribution >= 0.6 is 0 Å². The number of rotatable bonds is 2.